The lowest BCUT2D eigenvalue weighted by atomic mass is 10.3. The Labute approximate surface area is 116 Å². The third-order valence-corrected chi connectivity index (χ3v) is 2.88. The van der Waals surface area contributed by atoms with E-state index in [9.17, 15) is 0 Å². The first-order valence-electron chi connectivity index (χ1n) is 7.27. The number of rotatable bonds is 8. The van der Waals surface area contributed by atoms with Gasteiger partial charge < -0.3 is 15.2 Å². The second-order valence-corrected chi connectivity index (χ2v) is 4.56. The lowest BCUT2D eigenvalue weighted by molar-refractivity contribution is 0.588. The number of hydrogen-bond acceptors (Lipinski definition) is 2. The second-order valence-electron chi connectivity index (χ2n) is 4.56. The first kappa shape index (κ1) is 15.5. The summed E-state index contributed by atoms with van der Waals surface area (Å²) in [7, 11) is 0. The summed E-state index contributed by atoms with van der Waals surface area (Å²) in [6, 6.07) is 0. The average molecular weight is 265 g/mol. The molecule has 0 saturated heterocycles. The van der Waals surface area contributed by atoms with Crippen molar-refractivity contribution in [2.24, 2.45) is 4.99 Å². The Morgan fingerprint density at radius 3 is 2.79 bits per heavy atom. The van der Waals surface area contributed by atoms with Crippen molar-refractivity contribution in [3.63, 3.8) is 0 Å². The quantitative estimate of drug-likeness (QED) is 0.429. The average Bonchev–Trinajstić information content (AvgIpc) is 2.81. The zero-order valence-corrected chi connectivity index (χ0v) is 12.4. The smallest absolute Gasteiger partial charge is 0.191 e. The van der Waals surface area contributed by atoms with Crippen LogP contribution in [0.1, 0.15) is 38.9 Å². The molecule has 1 aromatic heterocycles. The molecule has 19 heavy (non-hydrogen) atoms. The van der Waals surface area contributed by atoms with E-state index in [4.69, 9.17) is 0 Å². The fourth-order valence-corrected chi connectivity index (χ4v) is 1.82. The van der Waals surface area contributed by atoms with Crippen LogP contribution in [0.3, 0.4) is 0 Å². The van der Waals surface area contributed by atoms with E-state index in [0.717, 1.165) is 57.2 Å². The van der Waals surface area contributed by atoms with Gasteiger partial charge in [-0.05, 0) is 33.1 Å². The molecule has 0 radical (unpaired) electrons. The molecule has 1 rings (SSSR count). The minimum absolute atomic E-state index is 0.879. The van der Waals surface area contributed by atoms with Crippen molar-refractivity contribution in [2.75, 3.05) is 19.6 Å². The van der Waals surface area contributed by atoms with Crippen molar-refractivity contribution in [1.82, 2.24) is 20.2 Å². The van der Waals surface area contributed by atoms with Gasteiger partial charge in [0.15, 0.2) is 5.96 Å². The van der Waals surface area contributed by atoms with Crippen molar-refractivity contribution in [2.45, 2.75) is 46.6 Å². The lowest BCUT2D eigenvalue weighted by Crippen LogP contribution is -2.37. The van der Waals surface area contributed by atoms with Gasteiger partial charge in [-0.2, -0.15) is 0 Å². The van der Waals surface area contributed by atoms with Crippen LogP contribution >= 0.6 is 0 Å². The van der Waals surface area contributed by atoms with E-state index in [1.165, 1.54) is 0 Å². The van der Waals surface area contributed by atoms with E-state index < -0.39 is 0 Å². The Kier molecular flexibility index (Phi) is 7.70. The summed E-state index contributed by atoms with van der Waals surface area (Å²) in [6.07, 6.45) is 7.26. The van der Waals surface area contributed by atoms with Crippen LogP contribution in [0.25, 0.3) is 0 Å². The van der Waals surface area contributed by atoms with E-state index in [-0.39, 0.29) is 0 Å². The van der Waals surface area contributed by atoms with Gasteiger partial charge in [0, 0.05) is 38.6 Å². The van der Waals surface area contributed by atoms with Gasteiger partial charge in [-0.1, -0.05) is 6.92 Å². The van der Waals surface area contributed by atoms with Crippen molar-refractivity contribution >= 4 is 5.96 Å². The highest BCUT2D eigenvalue weighted by Crippen LogP contribution is 1.99. The van der Waals surface area contributed by atoms with Crippen LogP contribution < -0.4 is 10.6 Å². The Bertz CT molecular complexity index is 370. The molecule has 1 heterocycles. The summed E-state index contributed by atoms with van der Waals surface area (Å²) >= 11 is 0. The molecule has 0 aliphatic heterocycles. The number of imidazole rings is 1. The largest absolute Gasteiger partial charge is 0.357 e. The minimum Gasteiger partial charge on any atom is -0.357 e. The highest BCUT2D eigenvalue weighted by atomic mass is 15.2. The summed E-state index contributed by atoms with van der Waals surface area (Å²) in [6.45, 7) is 10.1. The standard InChI is InChI=1S/C14H27N5/c1-4-8-17-14(15-5-2)18-9-6-7-11-19-12-10-16-13(19)3/h10,12H,4-9,11H2,1-3H3,(H2,15,17,18). The van der Waals surface area contributed by atoms with Crippen LogP contribution in [0.5, 0.6) is 0 Å². The molecule has 5 heteroatoms. The van der Waals surface area contributed by atoms with Crippen molar-refractivity contribution in [3.8, 4) is 0 Å². The van der Waals surface area contributed by atoms with E-state index in [2.05, 4.69) is 39.0 Å². The summed E-state index contributed by atoms with van der Waals surface area (Å²) in [4.78, 5) is 8.69. The molecule has 0 bridgehead atoms. The lowest BCUT2D eigenvalue weighted by Gasteiger charge is -2.11. The SMILES string of the molecule is CCCN=C(NCC)NCCCCn1ccnc1C. The van der Waals surface area contributed by atoms with Crippen molar-refractivity contribution in [1.29, 1.82) is 0 Å². The molecule has 0 fully saturated rings. The van der Waals surface area contributed by atoms with Gasteiger partial charge in [0.05, 0.1) is 0 Å². The highest BCUT2D eigenvalue weighted by molar-refractivity contribution is 5.79. The number of nitrogens with one attached hydrogen (secondary N) is 2. The van der Waals surface area contributed by atoms with Gasteiger partial charge in [-0.3, -0.25) is 4.99 Å². The molecule has 0 unspecified atom stereocenters. The molecular formula is C14H27N5. The Hall–Kier alpha value is -1.52. The van der Waals surface area contributed by atoms with Crippen LogP contribution in [0.4, 0.5) is 0 Å². The Balaban J connectivity index is 2.16. The number of unbranched alkanes of at least 4 members (excludes halogenated alkanes) is 1. The monoisotopic (exact) mass is 265 g/mol. The molecule has 108 valence electrons. The molecule has 0 aliphatic carbocycles. The van der Waals surface area contributed by atoms with E-state index in [1.807, 2.05) is 19.3 Å². The predicted molar refractivity (Wildman–Crippen MR) is 80.5 cm³/mol. The molecule has 0 amide bonds. The molecular weight excluding hydrogens is 238 g/mol. The molecule has 1 aromatic rings. The number of hydrogen-bond donors (Lipinski definition) is 2. The third kappa shape index (κ3) is 6.27. The topological polar surface area (TPSA) is 54.2 Å². The van der Waals surface area contributed by atoms with Gasteiger partial charge >= 0.3 is 0 Å². The number of aliphatic imine (C=N–C) groups is 1. The summed E-state index contributed by atoms with van der Waals surface area (Å²) in [5.74, 6) is 2.02. The van der Waals surface area contributed by atoms with Crippen LogP contribution in [0, 0.1) is 6.92 Å². The zero-order valence-electron chi connectivity index (χ0n) is 12.4. The van der Waals surface area contributed by atoms with E-state index in [1.54, 1.807) is 0 Å². The molecule has 0 aliphatic rings. The van der Waals surface area contributed by atoms with Gasteiger partial charge in [0.1, 0.15) is 5.82 Å². The van der Waals surface area contributed by atoms with Crippen LogP contribution in [-0.4, -0.2) is 35.1 Å². The highest BCUT2D eigenvalue weighted by Gasteiger charge is 1.98. The first-order chi connectivity index (χ1) is 9.27. The Morgan fingerprint density at radius 1 is 1.32 bits per heavy atom. The third-order valence-electron chi connectivity index (χ3n) is 2.88. The molecule has 0 atom stereocenters. The predicted octanol–water partition coefficient (Wildman–Crippen LogP) is 1.94. The zero-order chi connectivity index (χ0) is 13.9. The van der Waals surface area contributed by atoms with E-state index >= 15 is 0 Å². The maximum Gasteiger partial charge on any atom is 0.191 e. The van der Waals surface area contributed by atoms with Crippen molar-refractivity contribution < 1.29 is 0 Å². The van der Waals surface area contributed by atoms with E-state index in [0.29, 0.717) is 0 Å². The van der Waals surface area contributed by atoms with Gasteiger partial charge in [-0.25, -0.2) is 4.98 Å². The first-order valence-corrected chi connectivity index (χ1v) is 7.27. The van der Waals surface area contributed by atoms with Crippen LogP contribution in [-0.2, 0) is 6.54 Å². The molecule has 5 nitrogen and oxygen atoms in total. The molecule has 0 aromatic carbocycles. The fourth-order valence-electron chi connectivity index (χ4n) is 1.82. The van der Waals surface area contributed by atoms with Gasteiger partial charge in [0.2, 0.25) is 0 Å². The van der Waals surface area contributed by atoms with Gasteiger partial charge in [-0.15, -0.1) is 0 Å². The molecule has 0 saturated carbocycles. The Morgan fingerprint density at radius 2 is 2.16 bits per heavy atom. The minimum atomic E-state index is 0.879. The van der Waals surface area contributed by atoms with Crippen LogP contribution in [0.15, 0.2) is 17.4 Å². The summed E-state index contributed by atoms with van der Waals surface area (Å²) < 4.78 is 2.19. The summed E-state index contributed by atoms with van der Waals surface area (Å²) in [5.41, 5.74) is 0. The molecule has 2 N–H and O–H groups in total. The maximum absolute atomic E-state index is 4.47. The fraction of sp³-hybridized carbons (Fsp3) is 0.714. The molecule has 0 spiro atoms. The normalized spacial score (nSPS) is 11.6. The number of nitrogens with zero attached hydrogens (tertiary/aromatic N) is 3. The maximum atomic E-state index is 4.47. The van der Waals surface area contributed by atoms with Crippen molar-refractivity contribution in [3.05, 3.63) is 18.2 Å². The second kappa shape index (κ2) is 9.42. The number of aryl methyl sites for hydroxylation is 2. The van der Waals surface area contributed by atoms with Gasteiger partial charge in [0.25, 0.3) is 0 Å². The number of guanidine groups is 1. The number of aromatic nitrogens is 2. The van der Waals surface area contributed by atoms with Crippen LogP contribution in [0.2, 0.25) is 0 Å². The summed E-state index contributed by atoms with van der Waals surface area (Å²) in [5, 5.41) is 6.62.